The van der Waals surface area contributed by atoms with Gasteiger partial charge >= 0.3 is 0 Å². The lowest BCUT2D eigenvalue weighted by atomic mass is 10.3. The summed E-state index contributed by atoms with van der Waals surface area (Å²) in [6.45, 7) is 5.98. The van der Waals surface area contributed by atoms with Crippen molar-refractivity contribution in [2.45, 2.75) is 30.6 Å². The molecule has 0 aliphatic heterocycles. The molecule has 5 N–H and O–H groups in total. The highest BCUT2D eigenvalue weighted by atomic mass is 35.5. The van der Waals surface area contributed by atoms with Crippen LogP contribution >= 0.6 is 47.1 Å². The van der Waals surface area contributed by atoms with E-state index in [0.717, 1.165) is 60.4 Å². The number of aromatic nitrogens is 7. The van der Waals surface area contributed by atoms with Crippen molar-refractivity contribution in [1.29, 1.82) is 0 Å². The van der Waals surface area contributed by atoms with Gasteiger partial charge in [0.25, 0.3) is 0 Å². The summed E-state index contributed by atoms with van der Waals surface area (Å²) in [5.74, 6) is 2.05. The molecular formula is C35H31Cl2N9OS2. The second-order valence-corrected chi connectivity index (χ2v) is 12.7. The summed E-state index contributed by atoms with van der Waals surface area (Å²) in [6, 6.07) is 29.1. The average molecular weight is 729 g/mol. The van der Waals surface area contributed by atoms with E-state index in [4.69, 9.17) is 27.7 Å². The van der Waals surface area contributed by atoms with Crippen LogP contribution in [0.5, 0.6) is 0 Å². The quantitative estimate of drug-likeness (QED) is 0.0968. The highest BCUT2D eigenvalue weighted by molar-refractivity contribution is 8.00. The molecule has 4 aromatic heterocycles. The Morgan fingerprint density at radius 2 is 1.24 bits per heavy atom. The minimum Gasteiger partial charge on any atom is -0.353 e. The second kappa shape index (κ2) is 16.0. The molecule has 0 bridgehead atoms. The molecule has 4 aromatic carbocycles. The molecule has 0 atom stereocenters. The van der Waals surface area contributed by atoms with E-state index in [1.807, 2.05) is 99.6 Å². The zero-order chi connectivity index (χ0) is 34.2. The Labute approximate surface area is 301 Å². The van der Waals surface area contributed by atoms with Crippen molar-refractivity contribution in [3.63, 3.8) is 0 Å². The van der Waals surface area contributed by atoms with Gasteiger partial charge in [0.05, 0.1) is 56.0 Å². The van der Waals surface area contributed by atoms with Crippen LogP contribution in [0.15, 0.2) is 118 Å². The van der Waals surface area contributed by atoms with Crippen molar-refractivity contribution in [3.05, 3.63) is 119 Å². The number of fused-ring (bicyclic) bond motifs is 2. The zero-order valence-corrected chi connectivity index (χ0v) is 29.7. The first-order valence-electron chi connectivity index (χ1n) is 15.3. The standard InChI is InChI=1S/C17H14ClN5S.C16H11ClN4OS.C2H6/c1-10-16(20-9-19-10)17-21-14-7-6-11(8-15(14)22-17)24-23-13-5-3-2-4-12(13)18;17-11-3-1-2-4-12(11)21-23-10-5-6-13-14(9-10)20-16(19-13)15-7-8-18-22-15;1-2/h2-9,23H,1H3,(H,19,20)(H,21,22);1-9,21H,(H,19,20);1-2H3. The Morgan fingerprint density at radius 3 is 1.76 bits per heavy atom. The summed E-state index contributed by atoms with van der Waals surface area (Å²) in [6.07, 6.45) is 3.27. The molecule has 8 aromatic rings. The van der Waals surface area contributed by atoms with Gasteiger partial charge in [0.1, 0.15) is 5.69 Å². The first-order valence-corrected chi connectivity index (χ1v) is 17.6. The van der Waals surface area contributed by atoms with Crippen LogP contribution in [0, 0.1) is 6.92 Å². The number of H-pyrrole nitrogens is 3. The molecule has 8 rings (SSSR count). The summed E-state index contributed by atoms with van der Waals surface area (Å²) >= 11 is 15.3. The number of hydrogen-bond acceptors (Lipinski definition) is 9. The van der Waals surface area contributed by atoms with Crippen LogP contribution in [0.2, 0.25) is 10.0 Å². The minimum atomic E-state index is 0.615. The Hall–Kier alpha value is -4.88. The lowest BCUT2D eigenvalue weighted by Crippen LogP contribution is -1.87. The molecule has 0 fully saturated rings. The first kappa shape index (κ1) is 34.0. The number of nitrogens with zero attached hydrogens (tertiary/aromatic N) is 4. The molecule has 10 nitrogen and oxygen atoms in total. The van der Waals surface area contributed by atoms with Gasteiger partial charge in [0, 0.05) is 21.6 Å². The molecule has 49 heavy (non-hydrogen) atoms. The number of hydrogen-bond donors (Lipinski definition) is 5. The van der Waals surface area contributed by atoms with Crippen molar-refractivity contribution in [1.82, 2.24) is 35.1 Å². The van der Waals surface area contributed by atoms with E-state index in [2.05, 4.69) is 50.6 Å². The van der Waals surface area contributed by atoms with Crippen molar-refractivity contribution in [3.8, 4) is 23.1 Å². The molecule has 0 aliphatic carbocycles. The first-order chi connectivity index (χ1) is 24.0. The highest BCUT2D eigenvalue weighted by Crippen LogP contribution is 2.31. The Balaban J connectivity index is 0.000000162. The van der Waals surface area contributed by atoms with Crippen molar-refractivity contribution in [2.24, 2.45) is 0 Å². The van der Waals surface area contributed by atoms with Gasteiger partial charge in [-0.15, -0.1) is 0 Å². The average Bonchev–Trinajstić information content (AvgIpc) is 3.95. The maximum absolute atomic E-state index is 6.16. The van der Waals surface area contributed by atoms with E-state index in [-0.39, 0.29) is 0 Å². The molecule has 4 heterocycles. The summed E-state index contributed by atoms with van der Waals surface area (Å²) in [4.78, 5) is 25.1. The normalized spacial score (nSPS) is 10.7. The minimum absolute atomic E-state index is 0.615. The molecule has 0 saturated carbocycles. The van der Waals surface area contributed by atoms with Crippen molar-refractivity contribution >= 4 is 80.5 Å². The van der Waals surface area contributed by atoms with E-state index in [1.165, 1.54) is 23.9 Å². The van der Waals surface area contributed by atoms with Crippen LogP contribution < -0.4 is 9.44 Å². The van der Waals surface area contributed by atoms with Crippen LogP contribution in [0.25, 0.3) is 45.2 Å². The van der Waals surface area contributed by atoms with Gasteiger partial charge in [-0.05, 0) is 91.5 Å². The predicted molar refractivity (Wildman–Crippen MR) is 203 cm³/mol. The fraction of sp³-hybridized carbons (Fsp3) is 0.0857. The molecule has 0 saturated heterocycles. The van der Waals surface area contributed by atoms with E-state index in [9.17, 15) is 0 Å². The lowest BCUT2D eigenvalue weighted by Gasteiger charge is -2.06. The van der Waals surface area contributed by atoms with E-state index in [1.54, 1.807) is 18.6 Å². The fourth-order valence-electron chi connectivity index (χ4n) is 4.58. The highest BCUT2D eigenvalue weighted by Gasteiger charge is 2.12. The molecule has 0 amide bonds. The molecule has 0 unspecified atom stereocenters. The number of para-hydroxylation sites is 2. The molecule has 0 spiro atoms. The number of aromatic amines is 3. The van der Waals surface area contributed by atoms with Crippen LogP contribution in [0.1, 0.15) is 19.5 Å². The number of halogens is 2. The molecular weight excluding hydrogens is 697 g/mol. The molecule has 0 radical (unpaired) electrons. The second-order valence-electron chi connectivity index (χ2n) is 10.1. The van der Waals surface area contributed by atoms with E-state index >= 15 is 0 Å². The summed E-state index contributed by atoms with van der Waals surface area (Å²) in [5.41, 5.74) is 7.29. The number of aryl methyl sites for hydroxylation is 1. The van der Waals surface area contributed by atoms with Gasteiger partial charge in [-0.1, -0.05) is 66.5 Å². The number of benzene rings is 4. The smallest absolute Gasteiger partial charge is 0.202 e. The van der Waals surface area contributed by atoms with Gasteiger partial charge in [0.15, 0.2) is 11.6 Å². The maximum Gasteiger partial charge on any atom is 0.202 e. The summed E-state index contributed by atoms with van der Waals surface area (Å²) < 4.78 is 11.6. The number of anilines is 2. The predicted octanol–water partition coefficient (Wildman–Crippen LogP) is 11.1. The summed E-state index contributed by atoms with van der Waals surface area (Å²) in [5, 5.41) is 5.08. The van der Waals surface area contributed by atoms with Gasteiger partial charge in [-0.25, -0.2) is 15.0 Å². The fourth-order valence-corrected chi connectivity index (χ4v) is 6.50. The number of imidazole rings is 3. The molecule has 14 heteroatoms. The Bertz CT molecular complexity index is 2280. The van der Waals surface area contributed by atoms with Gasteiger partial charge in [0.2, 0.25) is 5.76 Å². The number of nitrogens with one attached hydrogen (secondary N) is 5. The van der Waals surface area contributed by atoms with Crippen LogP contribution in [-0.2, 0) is 0 Å². The third-order valence-electron chi connectivity index (χ3n) is 6.94. The van der Waals surface area contributed by atoms with Crippen molar-refractivity contribution < 1.29 is 4.52 Å². The monoisotopic (exact) mass is 727 g/mol. The third kappa shape index (κ3) is 8.23. The van der Waals surface area contributed by atoms with Gasteiger partial charge in [-0.3, -0.25) is 0 Å². The Kier molecular flexibility index (Phi) is 11.1. The Morgan fingerprint density at radius 1 is 0.694 bits per heavy atom. The van der Waals surface area contributed by atoms with Crippen LogP contribution in [0.3, 0.4) is 0 Å². The number of rotatable bonds is 8. The summed E-state index contributed by atoms with van der Waals surface area (Å²) in [7, 11) is 0. The van der Waals surface area contributed by atoms with Gasteiger partial charge < -0.3 is 28.9 Å². The SMILES string of the molecule is CC.Cc1[nH]cnc1-c1nc2ccc(SNc3ccccc3Cl)cc2[nH]1.Clc1ccccc1NSc1ccc2nc(-c3ccno3)[nH]c2c1. The lowest BCUT2D eigenvalue weighted by molar-refractivity contribution is 0.430. The zero-order valence-electron chi connectivity index (χ0n) is 26.6. The van der Waals surface area contributed by atoms with Crippen LogP contribution in [-0.4, -0.2) is 35.1 Å². The largest absolute Gasteiger partial charge is 0.353 e. The third-order valence-corrected chi connectivity index (χ3v) is 9.22. The van der Waals surface area contributed by atoms with Crippen molar-refractivity contribution in [2.75, 3.05) is 9.44 Å². The van der Waals surface area contributed by atoms with Crippen LogP contribution in [0.4, 0.5) is 11.4 Å². The topological polar surface area (TPSA) is 136 Å². The van der Waals surface area contributed by atoms with E-state index in [0.29, 0.717) is 21.6 Å². The molecule has 0 aliphatic rings. The maximum atomic E-state index is 6.16. The van der Waals surface area contributed by atoms with Gasteiger partial charge in [-0.2, -0.15) is 0 Å². The molecule has 248 valence electrons. The van der Waals surface area contributed by atoms with E-state index < -0.39 is 0 Å².